The van der Waals surface area contributed by atoms with Crippen molar-refractivity contribution in [3.8, 4) is 0 Å². The van der Waals surface area contributed by atoms with E-state index in [0.29, 0.717) is 19.5 Å². The van der Waals surface area contributed by atoms with E-state index in [2.05, 4.69) is 22.5 Å². The smallest absolute Gasteiger partial charge is 0.255 e. The molecule has 0 saturated carbocycles. The number of likely N-dealkylation sites (tertiary alicyclic amines) is 1. The number of carbonyl (C=O) groups excluding carboxylic acids is 1. The number of benzene rings is 1. The number of carbonyl (C=O) groups is 1. The molecule has 1 saturated heterocycles. The summed E-state index contributed by atoms with van der Waals surface area (Å²) in [6.07, 6.45) is 5.14. The third-order valence-electron chi connectivity index (χ3n) is 4.45. The first-order valence-corrected chi connectivity index (χ1v) is 8.31. The number of nitrogens with zero attached hydrogens (tertiary/aromatic N) is 3. The number of hydrogen-bond acceptors (Lipinski definition) is 4. The zero-order valence-electron chi connectivity index (χ0n) is 14.0. The van der Waals surface area contributed by atoms with E-state index in [1.807, 2.05) is 35.3 Å². The zero-order chi connectivity index (χ0) is 17.0. The van der Waals surface area contributed by atoms with Crippen molar-refractivity contribution in [3.63, 3.8) is 0 Å². The number of amides is 1. The molecule has 1 amide bonds. The number of aromatic nitrogens is 2. The van der Waals surface area contributed by atoms with Crippen LogP contribution in [0.2, 0.25) is 0 Å². The Hall–Kier alpha value is -2.18. The Labute approximate surface area is 142 Å². The topological polar surface area (TPSA) is 70.4 Å². The van der Waals surface area contributed by atoms with Gasteiger partial charge in [0.2, 0.25) is 0 Å². The van der Waals surface area contributed by atoms with Crippen LogP contribution in [0, 0.1) is 0 Å². The minimum absolute atomic E-state index is 0.193. The molecule has 0 radical (unpaired) electrons. The molecule has 0 spiro atoms. The maximum atomic E-state index is 12.1. The van der Waals surface area contributed by atoms with Gasteiger partial charge in [0.1, 0.15) is 0 Å². The Morgan fingerprint density at radius 1 is 1.29 bits per heavy atom. The van der Waals surface area contributed by atoms with Gasteiger partial charge in [0, 0.05) is 38.4 Å². The number of aliphatic hydroxyl groups is 1. The first-order chi connectivity index (χ1) is 11.6. The Morgan fingerprint density at radius 2 is 2.08 bits per heavy atom. The average molecular weight is 328 g/mol. The summed E-state index contributed by atoms with van der Waals surface area (Å²) in [6, 6.07) is 10.2. The minimum atomic E-state index is -1.28. The van der Waals surface area contributed by atoms with Crippen molar-refractivity contribution < 1.29 is 9.90 Å². The van der Waals surface area contributed by atoms with Crippen molar-refractivity contribution in [2.75, 3.05) is 20.1 Å². The number of nitrogens with one attached hydrogen (secondary N) is 1. The van der Waals surface area contributed by atoms with Gasteiger partial charge in [-0.05, 0) is 18.4 Å². The molecule has 6 heteroatoms. The molecule has 1 fully saturated rings. The van der Waals surface area contributed by atoms with Gasteiger partial charge < -0.3 is 15.3 Å². The number of rotatable bonds is 6. The second-order valence-corrected chi connectivity index (χ2v) is 6.50. The van der Waals surface area contributed by atoms with E-state index in [4.69, 9.17) is 0 Å². The molecule has 1 aromatic heterocycles. The van der Waals surface area contributed by atoms with Gasteiger partial charge in [-0.3, -0.25) is 9.48 Å². The largest absolute Gasteiger partial charge is 0.379 e. The summed E-state index contributed by atoms with van der Waals surface area (Å²) >= 11 is 0. The van der Waals surface area contributed by atoms with Crippen LogP contribution in [-0.4, -0.2) is 51.4 Å². The van der Waals surface area contributed by atoms with Gasteiger partial charge in [0.25, 0.3) is 5.91 Å². The van der Waals surface area contributed by atoms with Gasteiger partial charge in [-0.25, -0.2) is 0 Å². The van der Waals surface area contributed by atoms with Crippen LogP contribution in [0.15, 0.2) is 42.7 Å². The van der Waals surface area contributed by atoms with Crippen LogP contribution in [0.25, 0.3) is 0 Å². The molecule has 1 aliphatic heterocycles. The van der Waals surface area contributed by atoms with Crippen LogP contribution < -0.4 is 5.32 Å². The highest BCUT2D eigenvalue weighted by Gasteiger charge is 2.40. The van der Waals surface area contributed by atoms with Crippen LogP contribution in [0.1, 0.15) is 24.0 Å². The molecule has 0 aliphatic carbocycles. The standard InChI is InChI=1S/C18H24N4O2/c1-21-9-5-8-18(24,17(21)23)14-19-10-16-11-20-22(13-16)12-15-6-3-2-4-7-15/h2-4,6-7,11,13,19,24H,5,8-10,12,14H2,1H3/t18-/m0/s1. The fourth-order valence-corrected chi connectivity index (χ4v) is 3.10. The maximum Gasteiger partial charge on any atom is 0.255 e. The van der Waals surface area contributed by atoms with Crippen LogP contribution in [0.4, 0.5) is 0 Å². The lowest BCUT2D eigenvalue weighted by molar-refractivity contribution is -0.154. The van der Waals surface area contributed by atoms with Crippen LogP contribution in [-0.2, 0) is 17.9 Å². The molecule has 24 heavy (non-hydrogen) atoms. The van der Waals surface area contributed by atoms with Crippen molar-refractivity contribution in [3.05, 3.63) is 53.9 Å². The summed E-state index contributed by atoms with van der Waals surface area (Å²) in [5.41, 5.74) is 0.948. The van der Waals surface area contributed by atoms with Gasteiger partial charge in [-0.2, -0.15) is 5.10 Å². The lowest BCUT2D eigenvalue weighted by atomic mass is 9.92. The lowest BCUT2D eigenvalue weighted by Gasteiger charge is -2.36. The lowest BCUT2D eigenvalue weighted by Crippen LogP contribution is -2.56. The number of likely N-dealkylation sites (N-methyl/N-ethyl adjacent to an activating group) is 1. The van der Waals surface area contributed by atoms with E-state index in [1.165, 1.54) is 5.56 Å². The van der Waals surface area contributed by atoms with Gasteiger partial charge in [-0.15, -0.1) is 0 Å². The zero-order valence-corrected chi connectivity index (χ0v) is 14.0. The molecule has 3 rings (SSSR count). The second kappa shape index (κ2) is 7.15. The summed E-state index contributed by atoms with van der Waals surface area (Å²) in [6.45, 7) is 2.29. The molecule has 128 valence electrons. The molecular formula is C18H24N4O2. The highest BCUT2D eigenvalue weighted by Crippen LogP contribution is 2.21. The summed E-state index contributed by atoms with van der Waals surface area (Å²) in [5.74, 6) is -0.193. The van der Waals surface area contributed by atoms with Crippen LogP contribution in [0.5, 0.6) is 0 Å². The van der Waals surface area contributed by atoms with E-state index in [-0.39, 0.29) is 12.5 Å². The molecule has 1 atom stereocenters. The first-order valence-electron chi connectivity index (χ1n) is 8.31. The number of hydrogen-bond donors (Lipinski definition) is 2. The van der Waals surface area contributed by atoms with Gasteiger partial charge in [-0.1, -0.05) is 30.3 Å². The monoisotopic (exact) mass is 328 g/mol. The molecule has 6 nitrogen and oxygen atoms in total. The first kappa shape index (κ1) is 16.7. The van der Waals surface area contributed by atoms with Crippen molar-refractivity contribution in [1.29, 1.82) is 0 Å². The van der Waals surface area contributed by atoms with E-state index < -0.39 is 5.60 Å². The summed E-state index contributed by atoms with van der Waals surface area (Å²) in [5, 5.41) is 18.1. The highest BCUT2D eigenvalue weighted by atomic mass is 16.3. The fraction of sp³-hybridized carbons (Fsp3) is 0.444. The SMILES string of the molecule is CN1CCC[C@](O)(CNCc2cnn(Cc3ccccc3)c2)C1=O. The van der Waals surface area contributed by atoms with Crippen molar-refractivity contribution in [1.82, 2.24) is 20.0 Å². The van der Waals surface area contributed by atoms with Gasteiger partial charge in [0.15, 0.2) is 5.60 Å². The Kier molecular flexibility index (Phi) is 4.97. The summed E-state index contributed by atoms with van der Waals surface area (Å²) in [4.78, 5) is 13.7. The molecule has 2 N–H and O–H groups in total. The molecule has 0 unspecified atom stereocenters. The Morgan fingerprint density at radius 3 is 2.88 bits per heavy atom. The molecule has 2 aromatic rings. The van der Waals surface area contributed by atoms with E-state index in [0.717, 1.165) is 18.5 Å². The molecular weight excluding hydrogens is 304 g/mol. The Bertz CT molecular complexity index is 685. The molecule has 1 aromatic carbocycles. The van der Waals surface area contributed by atoms with Crippen molar-refractivity contribution in [2.45, 2.75) is 31.5 Å². The van der Waals surface area contributed by atoms with E-state index in [9.17, 15) is 9.90 Å². The normalized spacial score (nSPS) is 21.2. The Balaban J connectivity index is 1.51. The van der Waals surface area contributed by atoms with Crippen LogP contribution >= 0.6 is 0 Å². The predicted octanol–water partition coefficient (Wildman–Crippen LogP) is 1.00. The van der Waals surface area contributed by atoms with Crippen LogP contribution in [0.3, 0.4) is 0 Å². The number of piperidine rings is 1. The van der Waals surface area contributed by atoms with Crippen molar-refractivity contribution in [2.24, 2.45) is 0 Å². The quantitative estimate of drug-likeness (QED) is 0.830. The summed E-state index contributed by atoms with van der Waals surface area (Å²) in [7, 11) is 1.74. The molecule has 0 bridgehead atoms. The van der Waals surface area contributed by atoms with Gasteiger partial charge >= 0.3 is 0 Å². The summed E-state index contributed by atoms with van der Waals surface area (Å²) < 4.78 is 1.89. The fourth-order valence-electron chi connectivity index (χ4n) is 3.10. The van der Waals surface area contributed by atoms with Gasteiger partial charge in [0.05, 0.1) is 12.7 Å². The predicted molar refractivity (Wildman–Crippen MR) is 91.3 cm³/mol. The average Bonchev–Trinajstić information content (AvgIpc) is 3.01. The maximum absolute atomic E-state index is 12.1. The third kappa shape index (κ3) is 3.83. The molecule has 2 heterocycles. The van der Waals surface area contributed by atoms with E-state index >= 15 is 0 Å². The van der Waals surface area contributed by atoms with Crippen molar-refractivity contribution >= 4 is 5.91 Å². The third-order valence-corrected chi connectivity index (χ3v) is 4.45. The van der Waals surface area contributed by atoms with E-state index in [1.54, 1.807) is 11.9 Å². The minimum Gasteiger partial charge on any atom is -0.379 e. The highest BCUT2D eigenvalue weighted by molar-refractivity contribution is 5.85. The second-order valence-electron chi connectivity index (χ2n) is 6.50. The molecule has 1 aliphatic rings.